The van der Waals surface area contributed by atoms with Crippen LogP contribution < -0.4 is 0 Å². The molecule has 28 heavy (non-hydrogen) atoms. The molecule has 0 fully saturated rings. The lowest BCUT2D eigenvalue weighted by Crippen LogP contribution is -2.11. The first-order valence-electron chi connectivity index (χ1n) is 10.3. The van der Waals surface area contributed by atoms with Gasteiger partial charge in [0.05, 0.1) is 0 Å². The number of rotatable bonds is 5. The average molecular weight is 397 g/mol. The third kappa shape index (κ3) is 7.09. The van der Waals surface area contributed by atoms with Crippen molar-refractivity contribution in [3.63, 3.8) is 0 Å². The highest BCUT2D eigenvalue weighted by Gasteiger charge is 2.35. The third-order valence-corrected chi connectivity index (χ3v) is 4.90. The van der Waals surface area contributed by atoms with Crippen LogP contribution in [0.5, 0.6) is 0 Å². The van der Waals surface area contributed by atoms with Crippen molar-refractivity contribution in [3.05, 3.63) is 102 Å². The monoisotopic (exact) mass is 396 g/mol. The predicted molar refractivity (Wildman–Crippen MR) is 130 cm³/mol. The maximum absolute atomic E-state index is 6.11. The lowest BCUT2D eigenvalue weighted by atomic mass is 9.88. The SMILES string of the molecule is C=C/C=C(\C=C)OC1=C(c2ccccc2)C2C=CC=CC2S1.CC.CC.CC. The summed E-state index contributed by atoms with van der Waals surface area (Å²) < 4.78 is 6.11. The zero-order chi connectivity index (χ0) is 21.4. The largest absolute Gasteiger partial charge is 0.450 e. The molecule has 2 heteroatoms. The summed E-state index contributed by atoms with van der Waals surface area (Å²) in [6, 6.07) is 10.4. The molecule has 3 rings (SSSR count). The van der Waals surface area contributed by atoms with Gasteiger partial charge in [-0.1, -0.05) is 127 Å². The van der Waals surface area contributed by atoms with Crippen LogP contribution >= 0.6 is 11.8 Å². The van der Waals surface area contributed by atoms with E-state index in [-0.39, 0.29) is 0 Å². The minimum Gasteiger partial charge on any atom is -0.450 e. The van der Waals surface area contributed by atoms with Gasteiger partial charge in [0.2, 0.25) is 0 Å². The van der Waals surface area contributed by atoms with Crippen molar-refractivity contribution in [1.29, 1.82) is 0 Å². The molecule has 1 aromatic rings. The zero-order valence-corrected chi connectivity index (χ0v) is 19.1. The van der Waals surface area contributed by atoms with Crippen molar-refractivity contribution in [3.8, 4) is 0 Å². The van der Waals surface area contributed by atoms with Gasteiger partial charge < -0.3 is 4.74 Å². The smallest absolute Gasteiger partial charge is 0.165 e. The molecule has 2 aliphatic rings. The lowest BCUT2D eigenvalue weighted by molar-refractivity contribution is 0.357. The molecule has 1 aliphatic heterocycles. The molecule has 2 atom stereocenters. The Labute approximate surface area is 177 Å². The molecule has 0 aromatic heterocycles. The van der Waals surface area contributed by atoms with Gasteiger partial charge >= 0.3 is 0 Å². The van der Waals surface area contributed by atoms with E-state index in [1.165, 1.54) is 11.1 Å². The Hall–Kier alpha value is -2.19. The van der Waals surface area contributed by atoms with E-state index in [0.717, 1.165) is 10.9 Å². The maximum atomic E-state index is 6.11. The molecule has 0 saturated heterocycles. The molecule has 0 N–H and O–H groups in total. The third-order valence-electron chi connectivity index (χ3n) is 3.66. The highest BCUT2D eigenvalue weighted by molar-refractivity contribution is 8.04. The van der Waals surface area contributed by atoms with Crippen molar-refractivity contribution in [1.82, 2.24) is 0 Å². The molecule has 1 aromatic carbocycles. The second-order valence-corrected chi connectivity index (χ2v) is 6.21. The molecular formula is C26H36OS. The van der Waals surface area contributed by atoms with Crippen LogP contribution in [0.4, 0.5) is 0 Å². The molecule has 0 spiro atoms. The fourth-order valence-corrected chi connectivity index (χ4v) is 3.97. The molecule has 152 valence electrons. The van der Waals surface area contributed by atoms with E-state index < -0.39 is 0 Å². The highest BCUT2D eigenvalue weighted by atomic mass is 32.2. The average Bonchev–Trinajstić information content (AvgIpc) is 3.16. The summed E-state index contributed by atoms with van der Waals surface area (Å²) in [6.45, 7) is 19.5. The first-order chi connectivity index (χ1) is 13.8. The van der Waals surface area contributed by atoms with Crippen LogP contribution in [0.2, 0.25) is 0 Å². The highest BCUT2D eigenvalue weighted by Crippen LogP contribution is 2.50. The van der Waals surface area contributed by atoms with Crippen molar-refractivity contribution < 1.29 is 4.74 Å². The van der Waals surface area contributed by atoms with E-state index in [1.807, 2.05) is 53.7 Å². The van der Waals surface area contributed by atoms with E-state index in [4.69, 9.17) is 4.74 Å². The molecule has 0 saturated carbocycles. The van der Waals surface area contributed by atoms with Gasteiger partial charge in [-0.2, -0.15) is 0 Å². The normalized spacial score (nSPS) is 19.0. The van der Waals surface area contributed by atoms with E-state index in [1.54, 1.807) is 23.9 Å². The number of hydrogen-bond donors (Lipinski definition) is 0. The maximum Gasteiger partial charge on any atom is 0.165 e. The van der Waals surface area contributed by atoms with Crippen molar-refractivity contribution in [2.75, 3.05) is 0 Å². The first-order valence-corrected chi connectivity index (χ1v) is 11.2. The summed E-state index contributed by atoms with van der Waals surface area (Å²) >= 11 is 1.76. The fraction of sp³-hybridized carbons (Fsp3) is 0.308. The lowest BCUT2D eigenvalue weighted by Gasteiger charge is -2.17. The van der Waals surface area contributed by atoms with E-state index >= 15 is 0 Å². The van der Waals surface area contributed by atoms with Crippen LogP contribution in [0.25, 0.3) is 5.57 Å². The Kier molecular flexibility index (Phi) is 14.6. The van der Waals surface area contributed by atoms with E-state index in [0.29, 0.717) is 11.2 Å². The van der Waals surface area contributed by atoms with Crippen LogP contribution in [-0.4, -0.2) is 5.25 Å². The van der Waals surface area contributed by atoms with Gasteiger partial charge in [-0.05, 0) is 17.7 Å². The molecule has 1 heterocycles. The van der Waals surface area contributed by atoms with Gasteiger partial charge in [0.25, 0.3) is 0 Å². The van der Waals surface area contributed by atoms with Crippen molar-refractivity contribution >= 4 is 17.3 Å². The van der Waals surface area contributed by atoms with Gasteiger partial charge in [-0.3, -0.25) is 0 Å². The summed E-state index contributed by atoms with van der Waals surface area (Å²) in [5.41, 5.74) is 2.45. The van der Waals surface area contributed by atoms with Crippen LogP contribution in [0, 0.1) is 5.92 Å². The Morgan fingerprint density at radius 3 is 2.11 bits per heavy atom. The molecule has 2 unspecified atom stereocenters. The quantitative estimate of drug-likeness (QED) is 0.364. The molecular weight excluding hydrogens is 360 g/mol. The van der Waals surface area contributed by atoms with Gasteiger partial charge in [-0.15, -0.1) is 0 Å². The summed E-state index contributed by atoms with van der Waals surface area (Å²) in [5, 5.41) is 1.34. The summed E-state index contributed by atoms with van der Waals surface area (Å²) in [5.74, 6) is 1.07. The molecule has 0 amide bonds. The number of thioether (sulfide) groups is 1. The Balaban J connectivity index is 0.00000111. The standard InChI is InChI=1S/C20H18OS.3C2H6/c1-3-10-16(4-2)21-20-19(15-11-6-5-7-12-15)17-13-8-9-14-18(17)22-20;3*1-2/h3-14,17-18H,1-2H2;3*1-2H3/b16-10+;;;. The molecule has 1 nitrogen and oxygen atoms in total. The van der Waals surface area contributed by atoms with Gasteiger partial charge in [0, 0.05) is 16.7 Å². The minimum absolute atomic E-state index is 0.349. The second kappa shape index (κ2) is 15.8. The molecule has 0 radical (unpaired) electrons. The Morgan fingerprint density at radius 2 is 1.54 bits per heavy atom. The number of hydrogen-bond acceptors (Lipinski definition) is 2. The predicted octanol–water partition coefficient (Wildman–Crippen LogP) is 8.56. The van der Waals surface area contributed by atoms with Crippen LogP contribution in [0.3, 0.4) is 0 Å². The number of benzene rings is 1. The second-order valence-electron chi connectivity index (χ2n) is 5.06. The summed E-state index contributed by atoms with van der Waals surface area (Å²) in [6.07, 6.45) is 14.0. The number of allylic oxidation sites excluding steroid dienone is 7. The van der Waals surface area contributed by atoms with Crippen LogP contribution in [0.15, 0.2) is 96.9 Å². The molecule has 1 aliphatic carbocycles. The fourth-order valence-electron chi connectivity index (χ4n) is 2.66. The van der Waals surface area contributed by atoms with Gasteiger partial charge in [0.1, 0.15) is 5.76 Å². The van der Waals surface area contributed by atoms with Crippen molar-refractivity contribution in [2.24, 2.45) is 5.92 Å². The van der Waals surface area contributed by atoms with Crippen LogP contribution in [-0.2, 0) is 4.74 Å². The summed E-state index contributed by atoms with van der Waals surface area (Å²) in [4.78, 5) is 0. The van der Waals surface area contributed by atoms with Crippen molar-refractivity contribution in [2.45, 2.75) is 46.8 Å². The number of ether oxygens (including phenoxy) is 1. The van der Waals surface area contributed by atoms with Gasteiger partial charge in [0.15, 0.2) is 5.09 Å². The Bertz CT molecular complexity index is 692. The van der Waals surface area contributed by atoms with E-state index in [2.05, 4.69) is 61.7 Å². The first kappa shape index (κ1) is 25.8. The summed E-state index contributed by atoms with van der Waals surface area (Å²) in [7, 11) is 0. The minimum atomic E-state index is 0.349. The molecule has 0 bridgehead atoms. The van der Waals surface area contributed by atoms with Gasteiger partial charge in [-0.25, -0.2) is 0 Å². The zero-order valence-electron chi connectivity index (χ0n) is 18.3. The van der Waals surface area contributed by atoms with E-state index in [9.17, 15) is 0 Å². The van der Waals surface area contributed by atoms with Crippen LogP contribution in [0.1, 0.15) is 47.1 Å². The Morgan fingerprint density at radius 1 is 0.929 bits per heavy atom. The number of fused-ring (bicyclic) bond motifs is 1. The topological polar surface area (TPSA) is 9.23 Å².